The second kappa shape index (κ2) is 15.4. The molecule has 1 atom stereocenters. The maximum Gasteiger partial charge on any atom is 0.304 e. The van der Waals surface area contributed by atoms with E-state index >= 15 is 0 Å². The number of hydrogen-bond donors (Lipinski definition) is 1. The van der Waals surface area contributed by atoms with Crippen LogP contribution < -0.4 is 0 Å². The second-order valence-electron chi connectivity index (χ2n) is 8.04. The summed E-state index contributed by atoms with van der Waals surface area (Å²) in [6.07, 6.45) is 9.68. The lowest BCUT2D eigenvalue weighted by molar-refractivity contribution is -0.136. The topological polar surface area (TPSA) is 37.3 Å². The Kier molecular flexibility index (Phi) is 12.9. The van der Waals surface area contributed by atoms with E-state index in [4.69, 9.17) is 5.11 Å². The van der Waals surface area contributed by atoms with Gasteiger partial charge in [0.2, 0.25) is 0 Å². The Morgan fingerprint density at radius 3 is 2.06 bits per heavy atom. The molecule has 0 saturated carbocycles. The summed E-state index contributed by atoms with van der Waals surface area (Å²) in [5, 5.41) is 9.00. The van der Waals surface area contributed by atoms with Crippen LogP contribution in [0.1, 0.15) is 79.2 Å². The summed E-state index contributed by atoms with van der Waals surface area (Å²) >= 11 is 3.74. The van der Waals surface area contributed by atoms with E-state index in [9.17, 15) is 4.79 Å². The van der Waals surface area contributed by atoms with Gasteiger partial charge >= 0.3 is 5.97 Å². The molecule has 1 unspecified atom stereocenters. The first kappa shape index (κ1) is 25.9. The molecule has 0 amide bonds. The summed E-state index contributed by atoms with van der Waals surface area (Å²) in [5.74, 6) is 1.06. The van der Waals surface area contributed by atoms with Crippen LogP contribution in [-0.2, 0) is 24.1 Å². The summed E-state index contributed by atoms with van der Waals surface area (Å²) in [7, 11) is 0. The highest BCUT2D eigenvalue weighted by molar-refractivity contribution is 8.16. The zero-order valence-electron chi connectivity index (χ0n) is 19.1. The van der Waals surface area contributed by atoms with E-state index in [1.54, 1.807) is 11.8 Å². The fourth-order valence-corrected chi connectivity index (χ4v) is 6.33. The number of benzene rings is 2. The van der Waals surface area contributed by atoms with E-state index < -0.39 is 5.97 Å². The monoisotopic (exact) mass is 458 g/mol. The van der Waals surface area contributed by atoms with Crippen molar-refractivity contribution in [3.05, 3.63) is 70.8 Å². The highest BCUT2D eigenvalue weighted by Gasteiger charge is 2.16. The summed E-state index contributed by atoms with van der Waals surface area (Å²) < 4.78 is 0.325. The molecular formula is C27H38O2S2. The lowest BCUT2D eigenvalue weighted by atomic mass is 9.99. The van der Waals surface area contributed by atoms with E-state index in [0.29, 0.717) is 10.3 Å². The first-order valence-electron chi connectivity index (χ1n) is 11.7. The van der Waals surface area contributed by atoms with Gasteiger partial charge in [-0.1, -0.05) is 68.8 Å². The predicted molar refractivity (Wildman–Crippen MR) is 138 cm³/mol. The Hall–Kier alpha value is -1.39. The van der Waals surface area contributed by atoms with Crippen molar-refractivity contribution in [3.8, 4) is 0 Å². The third kappa shape index (κ3) is 10.2. The molecule has 31 heavy (non-hydrogen) atoms. The van der Waals surface area contributed by atoms with Gasteiger partial charge in [0.15, 0.2) is 0 Å². The van der Waals surface area contributed by atoms with Gasteiger partial charge in [0.1, 0.15) is 0 Å². The van der Waals surface area contributed by atoms with Crippen LogP contribution in [0.15, 0.2) is 48.5 Å². The summed E-state index contributed by atoms with van der Waals surface area (Å²) in [5.41, 5.74) is 5.70. The molecule has 0 spiro atoms. The number of carboxylic acid groups (broad SMARTS) is 1. The normalized spacial score (nSPS) is 12.1. The minimum Gasteiger partial charge on any atom is -0.481 e. The molecule has 170 valence electrons. The summed E-state index contributed by atoms with van der Waals surface area (Å²) in [6, 6.07) is 18.0. The van der Waals surface area contributed by atoms with Crippen molar-refractivity contribution in [2.24, 2.45) is 0 Å². The highest BCUT2D eigenvalue weighted by Crippen LogP contribution is 2.41. The van der Waals surface area contributed by atoms with Gasteiger partial charge in [0, 0.05) is 5.75 Å². The molecule has 0 radical (unpaired) electrons. The van der Waals surface area contributed by atoms with Crippen molar-refractivity contribution < 1.29 is 9.90 Å². The van der Waals surface area contributed by atoms with Gasteiger partial charge in [0.25, 0.3) is 0 Å². The SMILES string of the molecule is CCCCc1ccc(CCCCc2ccccc2C(SCCC)SCCC(=O)O)cc1. The van der Waals surface area contributed by atoms with E-state index in [1.807, 2.05) is 11.8 Å². The first-order valence-corrected chi connectivity index (χ1v) is 13.8. The predicted octanol–water partition coefficient (Wildman–Crippen LogP) is 7.94. The van der Waals surface area contributed by atoms with Gasteiger partial charge < -0.3 is 5.11 Å². The largest absolute Gasteiger partial charge is 0.481 e. The third-order valence-electron chi connectivity index (χ3n) is 5.37. The minimum absolute atomic E-state index is 0.229. The molecule has 0 aliphatic heterocycles. The number of aliphatic carboxylic acids is 1. The van der Waals surface area contributed by atoms with Crippen LogP contribution in [0.3, 0.4) is 0 Å². The minimum atomic E-state index is -0.710. The first-order chi connectivity index (χ1) is 15.1. The molecule has 2 rings (SSSR count). The highest BCUT2D eigenvalue weighted by atomic mass is 32.2. The van der Waals surface area contributed by atoms with Crippen LogP contribution in [-0.4, -0.2) is 22.6 Å². The molecule has 2 aromatic rings. The van der Waals surface area contributed by atoms with Crippen LogP contribution in [0, 0.1) is 0 Å². The maximum atomic E-state index is 10.9. The van der Waals surface area contributed by atoms with Crippen molar-refractivity contribution in [2.45, 2.75) is 76.2 Å². The molecule has 0 fully saturated rings. The average molecular weight is 459 g/mol. The smallest absolute Gasteiger partial charge is 0.304 e. The number of hydrogen-bond acceptors (Lipinski definition) is 3. The van der Waals surface area contributed by atoms with Crippen molar-refractivity contribution in [2.75, 3.05) is 11.5 Å². The van der Waals surface area contributed by atoms with Crippen molar-refractivity contribution in [3.63, 3.8) is 0 Å². The molecular weight excluding hydrogens is 420 g/mol. The molecule has 0 aromatic heterocycles. The molecule has 0 aliphatic rings. The Morgan fingerprint density at radius 2 is 1.42 bits per heavy atom. The van der Waals surface area contributed by atoms with E-state index in [2.05, 4.69) is 62.4 Å². The average Bonchev–Trinajstić information content (AvgIpc) is 2.78. The van der Waals surface area contributed by atoms with Gasteiger partial charge in [-0.15, -0.1) is 23.5 Å². The van der Waals surface area contributed by atoms with Gasteiger partial charge in [0.05, 0.1) is 11.0 Å². The Bertz CT molecular complexity index is 758. The third-order valence-corrected chi connectivity index (χ3v) is 8.38. The van der Waals surface area contributed by atoms with Crippen molar-refractivity contribution in [1.29, 1.82) is 0 Å². The van der Waals surface area contributed by atoms with E-state index in [0.717, 1.165) is 25.0 Å². The Balaban J connectivity index is 1.88. The van der Waals surface area contributed by atoms with Crippen LogP contribution in [0.4, 0.5) is 0 Å². The fourth-order valence-electron chi connectivity index (χ4n) is 3.60. The zero-order chi connectivity index (χ0) is 22.3. The molecule has 0 bridgehead atoms. The van der Waals surface area contributed by atoms with Crippen LogP contribution in [0.25, 0.3) is 0 Å². The van der Waals surface area contributed by atoms with Gasteiger partial charge in [-0.25, -0.2) is 0 Å². The zero-order valence-corrected chi connectivity index (χ0v) is 20.8. The number of thioether (sulfide) groups is 2. The van der Waals surface area contributed by atoms with Gasteiger partial charge in [-0.3, -0.25) is 4.79 Å². The Labute approximate surface area is 197 Å². The molecule has 0 aliphatic carbocycles. The lowest BCUT2D eigenvalue weighted by Gasteiger charge is -2.20. The molecule has 4 heteroatoms. The molecule has 1 N–H and O–H groups in total. The summed E-state index contributed by atoms with van der Waals surface area (Å²) in [4.78, 5) is 10.9. The molecule has 0 heterocycles. The number of unbranched alkanes of at least 4 members (excludes halogenated alkanes) is 2. The maximum absolute atomic E-state index is 10.9. The number of carboxylic acids is 1. The number of aryl methyl sites for hydroxylation is 3. The van der Waals surface area contributed by atoms with Crippen LogP contribution in [0.5, 0.6) is 0 Å². The van der Waals surface area contributed by atoms with Crippen LogP contribution in [0.2, 0.25) is 0 Å². The van der Waals surface area contributed by atoms with Crippen LogP contribution >= 0.6 is 23.5 Å². The molecule has 2 nitrogen and oxygen atoms in total. The second-order valence-corrected chi connectivity index (χ2v) is 10.8. The molecule has 0 saturated heterocycles. The summed E-state index contributed by atoms with van der Waals surface area (Å²) in [6.45, 7) is 4.44. The van der Waals surface area contributed by atoms with Crippen molar-refractivity contribution in [1.82, 2.24) is 0 Å². The number of carbonyl (C=O) groups is 1. The molecule has 2 aromatic carbocycles. The van der Waals surface area contributed by atoms with Gasteiger partial charge in [-0.2, -0.15) is 0 Å². The quantitative estimate of drug-likeness (QED) is 0.205. The van der Waals surface area contributed by atoms with Gasteiger partial charge in [-0.05, 0) is 73.0 Å². The standard InChI is InChI=1S/C27H38O2S2/c1-3-5-10-22-15-17-23(18-16-22)11-6-7-12-24-13-8-9-14-25(24)27(30-20-4-2)31-21-19-26(28)29/h8-9,13-18,27H,3-7,10-12,19-21H2,1-2H3,(H,28,29). The Morgan fingerprint density at radius 1 is 0.806 bits per heavy atom. The fraction of sp³-hybridized carbons (Fsp3) is 0.519. The van der Waals surface area contributed by atoms with E-state index in [-0.39, 0.29) is 6.42 Å². The van der Waals surface area contributed by atoms with E-state index in [1.165, 1.54) is 54.4 Å². The van der Waals surface area contributed by atoms with Crippen molar-refractivity contribution >= 4 is 29.5 Å². The lowest BCUT2D eigenvalue weighted by Crippen LogP contribution is -2.02. The number of rotatable bonds is 16.